The first-order valence-corrected chi connectivity index (χ1v) is 11.1. The molecule has 0 amide bonds. The quantitative estimate of drug-likeness (QED) is 0.553. The van der Waals surface area contributed by atoms with E-state index in [9.17, 15) is 4.21 Å². The Kier molecular flexibility index (Phi) is 4.21. The number of nitrogens with zero attached hydrogens (tertiary/aromatic N) is 5. The lowest BCUT2D eigenvalue weighted by Gasteiger charge is -2.23. The first-order chi connectivity index (χ1) is 13.6. The largest absolute Gasteiger partial charge is 0.396 e. The predicted molar refractivity (Wildman–Crippen MR) is 111 cm³/mol. The summed E-state index contributed by atoms with van der Waals surface area (Å²) in [5.41, 5.74) is 10.4. The number of aryl methyl sites for hydroxylation is 1. The van der Waals surface area contributed by atoms with Gasteiger partial charge in [-0.1, -0.05) is 6.42 Å². The van der Waals surface area contributed by atoms with Crippen molar-refractivity contribution in [1.29, 1.82) is 0 Å². The maximum Gasteiger partial charge on any atom is 0.127 e. The number of nitrogen functional groups attached to an aromatic ring is 1. The van der Waals surface area contributed by atoms with Crippen LogP contribution >= 0.6 is 11.3 Å². The maximum atomic E-state index is 13.0. The number of rotatable bonds is 4. The molecule has 1 aliphatic carbocycles. The van der Waals surface area contributed by atoms with E-state index >= 15 is 0 Å². The van der Waals surface area contributed by atoms with Gasteiger partial charge in [0.15, 0.2) is 0 Å². The van der Waals surface area contributed by atoms with Gasteiger partial charge in [0.2, 0.25) is 0 Å². The average Bonchev–Trinajstić information content (AvgIpc) is 3.24. The van der Waals surface area contributed by atoms with Gasteiger partial charge >= 0.3 is 0 Å². The third-order valence-electron chi connectivity index (χ3n) is 5.07. The van der Waals surface area contributed by atoms with Crippen molar-refractivity contribution >= 4 is 38.0 Å². The molecule has 5 rings (SSSR count). The van der Waals surface area contributed by atoms with Crippen molar-refractivity contribution < 1.29 is 4.21 Å². The molecule has 0 radical (unpaired) electrons. The van der Waals surface area contributed by atoms with Crippen LogP contribution < -0.4 is 5.73 Å². The van der Waals surface area contributed by atoms with Crippen molar-refractivity contribution in [3.05, 3.63) is 36.8 Å². The molecule has 1 atom stereocenters. The van der Waals surface area contributed by atoms with Gasteiger partial charge in [0, 0.05) is 35.0 Å². The van der Waals surface area contributed by atoms with E-state index in [0.29, 0.717) is 5.69 Å². The van der Waals surface area contributed by atoms with Gasteiger partial charge in [-0.15, -0.1) is 11.3 Å². The van der Waals surface area contributed by atoms with Crippen molar-refractivity contribution in [3.8, 4) is 22.5 Å². The second-order valence-corrected chi connectivity index (χ2v) is 9.82. The molecule has 2 N–H and O–H groups in total. The molecule has 1 fully saturated rings. The smallest absolute Gasteiger partial charge is 0.127 e. The van der Waals surface area contributed by atoms with Crippen molar-refractivity contribution in [2.24, 2.45) is 7.05 Å². The van der Waals surface area contributed by atoms with Crippen LogP contribution in [-0.4, -0.2) is 34.4 Å². The fraction of sp³-hybridized carbons (Fsp3) is 0.263. The molecule has 4 aromatic heterocycles. The topological polar surface area (TPSA) is 99.6 Å². The Balaban J connectivity index is 1.76. The fourth-order valence-corrected chi connectivity index (χ4v) is 6.55. The number of nitrogens with two attached hydrogens (primary N) is 1. The maximum absolute atomic E-state index is 13.0. The third kappa shape index (κ3) is 2.82. The van der Waals surface area contributed by atoms with E-state index in [-0.39, 0.29) is 5.25 Å². The van der Waals surface area contributed by atoms with Crippen LogP contribution in [0.3, 0.4) is 0 Å². The van der Waals surface area contributed by atoms with Gasteiger partial charge in [0.1, 0.15) is 9.04 Å². The highest BCUT2D eigenvalue weighted by Crippen LogP contribution is 2.44. The fourth-order valence-electron chi connectivity index (χ4n) is 3.34. The van der Waals surface area contributed by atoms with Crippen molar-refractivity contribution in [2.75, 3.05) is 5.73 Å². The molecule has 4 aromatic rings. The van der Waals surface area contributed by atoms with Crippen LogP contribution in [0.2, 0.25) is 0 Å². The molecule has 4 heterocycles. The van der Waals surface area contributed by atoms with E-state index in [1.165, 1.54) is 11.3 Å². The first kappa shape index (κ1) is 17.4. The van der Waals surface area contributed by atoms with Crippen molar-refractivity contribution in [2.45, 2.75) is 28.7 Å². The Morgan fingerprint density at radius 1 is 1.25 bits per heavy atom. The Morgan fingerprint density at radius 2 is 2.11 bits per heavy atom. The highest BCUT2D eigenvalue weighted by atomic mass is 32.2. The van der Waals surface area contributed by atoms with E-state index < -0.39 is 10.8 Å². The molecule has 0 spiro atoms. The highest BCUT2D eigenvalue weighted by Gasteiger charge is 2.29. The molecule has 0 aromatic carbocycles. The van der Waals surface area contributed by atoms with Crippen LogP contribution in [0.4, 0.5) is 5.69 Å². The van der Waals surface area contributed by atoms with Gasteiger partial charge in [-0.2, -0.15) is 15.3 Å². The molecule has 1 aliphatic rings. The summed E-state index contributed by atoms with van der Waals surface area (Å²) in [6, 6.07) is 5.79. The number of fused-ring (bicyclic) bond motifs is 1. The molecule has 7 nitrogen and oxygen atoms in total. The lowest BCUT2D eigenvalue weighted by Crippen LogP contribution is -2.23. The van der Waals surface area contributed by atoms with E-state index in [0.717, 1.165) is 56.2 Å². The van der Waals surface area contributed by atoms with Crippen LogP contribution in [0, 0.1) is 0 Å². The number of hydrogen-bond acceptors (Lipinski definition) is 7. The standard InChI is InChI=1S/C19H18N6OS2/c1-25-8-6-14(24-25)13-9-15(11-5-7-21-22-10-11)23-18-16(13)17(20)19(27-18)28(26)12-3-2-4-12/h5-10,12H,2-4,20H2,1H3. The molecular weight excluding hydrogens is 392 g/mol. The summed E-state index contributed by atoms with van der Waals surface area (Å²) >= 11 is 1.43. The molecular formula is C19H18N6OS2. The van der Waals surface area contributed by atoms with Gasteiger partial charge in [-0.3, -0.25) is 8.89 Å². The van der Waals surface area contributed by atoms with Gasteiger partial charge in [-0.25, -0.2) is 4.98 Å². The number of thiophene rings is 1. The Hall–Kier alpha value is -2.65. The summed E-state index contributed by atoms with van der Waals surface area (Å²) in [4.78, 5) is 5.58. The lowest BCUT2D eigenvalue weighted by atomic mass is 10.0. The summed E-state index contributed by atoms with van der Waals surface area (Å²) in [5, 5.41) is 13.4. The average molecular weight is 411 g/mol. The summed E-state index contributed by atoms with van der Waals surface area (Å²) < 4.78 is 15.5. The van der Waals surface area contributed by atoms with Gasteiger partial charge in [0.05, 0.1) is 40.3 Å². The summed E-state index contributed by atoms with van der Waals surface area (Å²) in [6.45, 7) is 0. The van der Waals surface area contributed by atoms with Crippen LogP contribution in [-0.2, 0) is 17.8 Å². The monoisotopic (exact) mass is 410 g/mol. The van der Waals surface area contributed by atoms with Gasteiger partial charge in [0.25, 0.3) is 0 Å². The second kappa shape index (κ2) is 6.75. The SMILES string of the molecule is Cn1ccc(-c2cc(-c3ccnnc3)nc3sc(S(=O)C4CCC4)c(N)c23)n1. The number of pyridine rings is 1. The predicted octanol–water partition coefficient (Wildman–Crippen LogP) is 3.40. The zero-order valence-electron chi connectivity index (χ0n) is 15.2. The summed E-state index contributed by atoms with van der Waals surface area (Å²) in [6.07, 6.45) is 8.34. The Morgan fingerprint density at radius 3 is 2.75 bits per heavy atom. The lowest BCUT2D eigenvalue weighted by molar-refractivity contribution is 0.505. The van der Waals surface area contributed by atoms with Gasteiger partial charge in [-0.05, 0) is 31.0 Å². The molecule has 0 saturated heterocycles. The zero-order valence-corrected chi connectivity index (χ0v) is 16.8. The van der Waals surface area contributed by atoms with E-state index in [1.54, 1.807) is 17.1 Å². The number of anilines is 1. The van der Waals surface area contributed by atoms with E-state index in [2.05, 4.69) is 15.3 Å². The minimum absolute atomic E-state index is 0.206. The molecule has 0 aliphatic heterocycles. The molecule has 1 unspecified atom stereocenters. The molecule has 9 heteroatoms. The van der Waals surface area contributed by atoms with Crippen molar-refractivity contribution in [3.63, 3.8) is 0 Å². The minimum atomic E-state index is -1.09. The first-order valence-electron chi connectivity index (χ1n) is 9.02. The normalized spacial score (nSPS) is 15.6. The Bertz CT molecular complexity index is 1200. The number of aromatic nitrogens is 5. The number of hydrogen-bond donors (Lipinski definition) is 1. The molecule has 142 valence electrons. The van der Waals surface area contributed by atoms with Crippen LogP contribution in [0.25, 0.3) is 32.7 Å². The summed E-state index contributed by atoms with van der Waals surface area (Å²) in [7, 11) is 0.788. The van der Waals surface area contributed by atoms with E-state index in [1.807, 2.05) is 31.4 Å². The second-order valence-electron chi connectivity index (χ2n) is 6.89. The van der Waals surface area contributed by atoms with Crippen LogP contribution in [0.15, 0.2) is 41.0 Å². The molecule has 28 heavy (non-hydrogen) atoms. The zero-order chi connectivity index (χ0) is 19.3. The molecule has 0 bridgehead atoms. The third-order valence-corrected chi connectivity index (χ3v) is 8.37. The van der Waals surface area contributed by atoms with Crippen LogP contribution in [0.1, 0.15) is 19.3 Å². The van der Waals surface area contributed by atoms with Gasteiger partial charge < -0.3 is 5.73 Å². The molecule has 1 saturated carbocycles. The summed E-state index contributed by atoms with van der Waals surface area (Å²) in [5.74, 6) is 0. The highest BCUT2D eigenvalue weighted by molar-refractivity contribution is 7.88. The van der Waals surface area contributed by atoms with Crippen LogP contribution in [0.5, 0.6) is 0 Å². The minimum Gasteiger partial charge on any atom is -0.396 e. The Labute approximate surface area is 168 Å². The van der Waals surface area contributed by atoms with E-state index in [4.69, 9.17) is 10.7 Å². The van der Waals surface area contributed by atoms with Crippen molar-refractivity contribution in [1.82, 2.24) is 25.0 Å².